The van der Waals surface area contributed by atoms with E-state index >= 15 is 0 Å². The molecule has 0 saturated heterocycles. The Kier molecular flexibility index (Phi) is 3.93. The van der Waals surface area contributed by atoms with Crippen LogP contribution < -0.4 is 10.2 Å². The molecule has 3 rings (SSSR count). The number of fused-ring (bicyclic) bond motifs is 1. The van der Waals surface area contributed by atoms with Gasteiger partial charge in [0.05, 0.1) is 0 Å². The lowest BCUT2D eigenvalue weighted by molar-refractivity contribution is 0.560. The Labute approximate surface area is 125 Å². The normalized spacial score (nSPS) is 15.7. The van der Waals surface area contributed by atoms with E-state index in [9.17, 15) is 4.39 Å². The zero-order valence-electron chi connectivity index (χ0n) is 12.6. The van der Waals surface area contributed by atoms with Crippen molar-refractivity contribution in [3.63, 3.8) is 0 Å². The van der Waals surface area contributed by atoms with Crippen LogP contribution >= 0.6 is 0 Å². The number of nitrogens with zero attached hydrogens (tertiary/aromatic N) is 1. The van der Waals surface area contributed by atoms with Gasteiger partial charge in [0.15, 0.2) is 0 Å². The first-order valence-electron chi connectivity index (χ1n) is 7.53. The predicted octanol–water partition coefficient (Wildman–Crippen LogP) is 4.19. The van der Waals surface area contributed by atoms with Crippen molar-refractivity contribution in [1.82, 2.24) is 5.32 Å². The highest BCUT2D eigenvalue weighted by Crippen LogP contribution is 2.37. The smallest absolute Gasteiger partial charge is 0.130 e. The fraction of sp³-hybridized carbons (Fsp3) is 0.333. The number of hydrogen-bond acceptors (Lipinski definition) is 2. The van der Waals surface area contributed by atoms with Gasteiger partial charge in [-0.25, -0.2) is 4.39 Å². The third kappa shape index (κ3) is 2.54. The van der Waals surface area contributed by atoms with Crippen LogP contribution in [0.15, 0.2) is 42.5 Å². The minimum absolute atomic E-state index is 0.0183. The first-order valence-corrected chi connectivity index (χ1v) is 7.53. The molecule has 21 heavy (non-hydrogen) atoms. The maximum absolute atomic E-state index is 14.4. The highest BCUT2D eigenvalue weighted by Gasteiger charge is 2.23. The van der Waals surface area contributed by atoms with Gasteiger partial charge in [0.1, 0.15) is 5.82 Å². The number of rotatable bonds is 3. The van der Waals surface area contributed by atoms with Gasteiger partial charge in [-0.2, -0.15) is 0 Å². The first kappa shape index (κ1) is 14.1. The molecule has 0 amide bonds. The van der Waals surface area contributed by atoms with E-state index < -0.39 is 0 Å². The van der Waals surface area contributed by atoms with E-state index in [-0.39, 0.29) is 11.9 Å². The van der Waals surface area contributed by atoms with Crippen molar-refractivity contribution < 1.29 is 4.39 Å². The Morgan fingerprint density at radius 2 is 1.86 bits per heavy atom. The lowest BCUT2D eigenvalue weighted by Gasteiger charge is -2.34. The summed E-state index contributed by atoms with van der Waals surface area (Å²) in [5, 5.41) is 3.16. The van der Waals surface area contributed by atoms with Crippen LogP contribution in [-0.2, 0) is 6.42 Å². The molecule has 1 heterocycles. The lowest BCUT2D eigenvalue weighted by atomic mass is 9.98. The van der Waals surface area contributed by atoms with Crippen molar-refractivity contribution in [2.45, 2.75) is 25.8 Å². The first-order chi connectivity index (χ1) is 10.2. The Morgan fingerprint density at radius 1 is 1.10 bits per heavy atom. The highest BCUT2D eigenvalue weighted by molar-refractivity contribution is 5.70. The molecule has 0 fully saturated rings. The van der Waals surface area contributed by atoms with Crippen molar-refractivity contribution >= 4 is 11.4 Å². The SMILES string of the molecule is CNC(C)c1c(F)cccc1N1CCCc2ccccc21. The molecule has 0 saturated carbocycles. The van der Waals surface area contributed by atoms with Gasteiger partial charge in [0, 0.05) is 29.5 Å². The number of halogens is 1. The summed E-state index contributed by atoms with van der Waals surface area (Å²) in [5.41, 5.74) is 4.27. The van der Waals surface area contributed by atoms with Crippen molar-refractivity contribution in [1.29, 1.82) is 0 Å². The summed E-state index contributed by atoms with van der Waals surface area (Å²) >= 11 is 0. The van der Waals surface area contributed by atoms with E-state index in [1.165, 1.54) is 11.3 Å². The number of hydrogen-bond donors (Lipinski definition) is 1. The average Bonchev–Trinajstić information content (AvgIpc) is 2.53. The predicted molar refractivity (Wildman–Crippen MR) is 85.6 cm³/mol. The molecule has 0 radical (unpaired) electrons. The van der Waals surface area contributed by atoms with Crippen LogP contribution in [0.3, 0.4) is 0 Å². The van der Waals surface area contributed by atoms with Gasteiger partial charge in [-0.05, 0) is 50.6 Å². The molecule has 1 aliphatic rings. The van der Waals surface area contributed by atoms with Crippen LogP contribution in [0, 0.1) is 5.82 Å². The van der Waals surface area contributed by atoms with E-state index in [0.29, 0.717) is 0 Å². The molecule has 2 aromatic rings. The summed E-state index contributed by atoms with van der Waals surface area (Å²) in [6.07, 6.45) is 2.19. The van der Waals surface area contributed by atoms with E-state index in [0.717, 1.165) is 30.6 Å². The van der Waals surface area contributed by atoms with Gasteiger partial charge in [-0.1, -0.05) is 24.3 Å². The van der Waals surface area contributed by atoms with Crippen molar-refractivity contribution in [3.05, 3.63) is 59.4 Å². The molecule has 0 aromatic heterocycles. The Bertz CT molecular complexity index is 639. The molecule has 110 valence electrons. The van der Waals surface area contributed by atoms with Crippen LogP contribution in [0.25, 0.3) is 0 Å². The average molecular weight is 284 g/mol. The number of aryl methyl sites for hydroxylation is 1. The molecule has 1 atom stereocenters. The standard InChI is InChI=1S/C18H21FN2/c1-13(20-2)18-15(19)9-5-11-17(18)21-12-6-8-14-7-3-4-10-16(14)21/h3-5,7,9-11,13,20H,6,8,12H2,1-2H3. The van der Waals surface area contributed by atoms with Gasteiger partial charge < -0.3 is 10.2 Å². The summed E-state index contributed by atoms with van der Waals surface area (Å²) in [6, 6.07) is 13.8. The molecule has 2 aromatic carbocycles. The van der Waals surface area contributed by atoms with Gasteiger partial charge in [0.2, 0.25) is 0 Å². The molecule has 0 spiro atoms. The minimum atomic E-state index is -0.141. The summed E-state index contributed by atoms with van der Waals surface area (Å²) in [4.78, 5) is 2.26. The fourth-order valence-corrected chi connectivity index (χ4v) is 3.12. The number of nitrogens with one attached hydrogen (secondary N) is 1. The number of benzene rings is 2. The van der Waals surface area contributed by atoms with Crippen molar-refractivity contribution in [2.75, 3.05) is 18.5 Å². The summed E-state index contributed by atoms with van der Waals surface area (Å²) < 4.78 is 14.4. The lowest BCUT2D eigenvalue weighted by Crippen LogP contribution is -2.27. The Balaban J connectivity index is 2.12. The van der Waals surface area contributed by atoms with Gasteiger partial charge in [-0.3, -0.25) is 0 Å². The molecule has 0 aliphatic carbocycles. The van der Waals surface area contributed by atoms with E-state index in [2.05, 4.69) is 34.5 Å². The number of para-hydroxylation sites is 1. The van der Waals surface area contributed by atoms with Crippen LogP contribution in [0.5, 0.6) is 0 Å². The number of anilines is 2. The van der Waals surface area contributed by atoms with Crippen LogP contribution in [0.4, 0.5) is 15.8 Å². The van der Waals surface area contributed by atoms with Crippen LogP contribution in [-0.4, -0.2) is 13.6 Å². The maximum atomic E-state index is 14.4. The highest BCUT2D eigenvalue weighted by atomic mass is 19.1. The summed E-state index contributed by atoms with van der Waals surface area (Å²) in [7, 11) is 1.87. The van der Waals surface area contributed by atoms with E-state index in [1.807, 2.05) is 20.0 Å². The van der Waals surface area contributed by atoms with Gasteiger partial charge in [-0.15, -0.1) is 0 Å². The zero-order chi connectivity index (χ0) is 14.8. The molecule has 1 unspecified atom stereocenters. The molecular weight excluding hydrogens is 263 g/mol. The molecule has 3 heteroatoms. The van der Waals surface area contributed by atoms with Gasteiger partial charge >= 0.3 is 0 Å². The summed E-state index contributed by atoms with van der Waals surface area (Å²) in [6.45, 7) is 2.93. The second-order valence-corrected chi connectivity index (χ2v) is 5.57. The monoisotopic (exact) mass is 284 g/mol. The fourth-order valence-electron chi connectivity index (χ4n) is 3.12. The van der Waals surface area contributed by atoms with E-state index in [4.69, 9.17) is 0 Å². The topological polar surface area (TPSA) is 15.3 Å². The van der Waals surface area contributed by atoms with Crippen LogP contribution in [0.1, 0.15) is 30.5 Å². The zero-order valence-corrected chi connectivity index (χ0v) is 12.6. The van der Waals surface area contributed by atoms with Crippen molar-refractivity contribution in [2.24, 2.45) is 0 Å². The Hall–Kier alpha value is -1.87. The van der Waals surface area contributed by atoms with Crippen molar-refractivity contribution in [3.8, 4) is 0 Å². The van der Waals surface area contributed by atoms with Gasteiger partial charge in [0.25, 0.3) is 0 Å². The third-order valence-electron chi connectivity index (χ3n) is 4.30. The Morgan fingerprint density at radius 3 is 2.67 bits per heavy atom. The molecule has 0 bridgehead atoms. The summed E-state index contributed by atoms with van der Waals surface area (Å²) in [5.74, 6) is -0.141. The molecule has 1 aliphatic heterocycles. The molecule has 2 nitrogen and oxygen atoms in total. The van der Waals surface area contributed by atoms with Crippen LogP contribution in [0.2, 0.25) is 0 Å². The van der Waals surface area contributed by atoms with E-state index in [1.54, 1.807) is 12.1 Å². The largest absolute Gasteiger partial charge is 0.341 e. The third-order valence-corrected chi connectivity index (χ3v) is 4.30. The quantitative estimate of drug-likeness (QED) is 0.909. The minimum Gasteiger partial charge on any atom is -0.341 e. The maximum Gasteiger partial charge on any atom is 0.130 e. The molecule has 1 N–H and O–H groups in total. The second-order valence-electron chi connectivity index (χ2n) is 5.57. The second kappa shape index (κ2) is 5.86. The molecular formula is C18H21FN2.